The van der Waals surface area contributed by atoms with Crippen molar-refractivity contribution >= 4 is 16.9 Å². The van der Waals surface area contributed by atoms with Crippen LogP contribution >= 0.6 is 0 Å². The van der Waals surface area contributed by atoms with Crippen LogP contribution in [-0.4, -0.2) is 70.4 Å². The number of carbonyl (C=O) groups is 1. The number of ether oxygens (including phenoxy) is 2. The highest BCUT2D eigenvalue weighted by molar-refractivity contribution is 5.93. The van der Waals surface area contributed by atoms with Gasteiger partial charge in [-0.3, -0.25) is 14.5 Å². The fraction of sp³-hybridized carbons (Fsp3) is 0.424. The number of hydrogen-bond donors (Lipinski definition) is 0. The molecule has 2 aromatic heterocycles. The van der Waals surface area contributed by atoms with Crippen LogP contribution in [0.15, 0.2) is 54.6 Å². The van der Waals surface area contributed by atoms with Crippen LogP contribution in [0.4, 0.5) is 4.39 Å². The zero-order valence-corrected chi connectivity index (χ0v) is 25.0. The van der Waals surface area contributed by atoms with Crippen LogP contribution in [-0.2, 0) is 29.3 Å². The molecular formula is C33H38FN5O4. The van der Waals surface area contributed by atoms with Crippen LogP contribution in [0.3, 0.4) is 0 Å². The first-order chi connectivity index (χ1) is 20.9. The Hall–Kier alpha value is -3.86. The standard InChI is InChI=1S/C33H38FN5O4/c1-22-7-10-29-30(17-22)39(19-26-13-16-42-26)31(35-29)20-38-14-11-23(12-15-38)28-5-4-6-32(36-28)43-21-25-9-8-24(18-27(25)34)33(40)37(2)41-3/h4-10,17-18,23,26H,11-16,19-21H2,1-3H3/t26-/m0/s1. The van der Waals surface area contributed by atoms with Gasteiger partial charge in [0.05, 0.1) is 37.3 Å². The molecule has 6 rings (SSSR count). The first-order valence-corrected chi connectivity index (χ1v) is 14.9. The smallest absolute Gasteiger partial charge is 0.277 e. The number of amides is 1. The van der Waals surface area contributed by atoms with Crippen LogP contribution in [0, 0.1) is 12.7 Å². The van der Waals surface area contributed by atoms with Gasteiger partial charge in [0.1, 0.15) is 18.2 Å². The van der Waals surface area contributed by atoms with Crippen molar-refractivity contribution < 1.29 is 23.5 Å². The highest BCUT2D eigenvalue weighted by Gasteiger charge is 2.26. The van der Waals surface area contributed by atoms with E-state index < -0.39 is 11.7 Å². The van der Waals surface area contributed by atoms with Gasteiger partial charge >= 0.3 is 0 Å². The van der Waals surface area contributed by atoms with Gasteiger partial charge in [0.15, 0.2) is 0 Å². The normalized spacial score (nSPS) is 17.6. The number of likely N-dealkylation sites (tertiary alicyclic amines) is 1. The third-order valence-electron chi connectivity index (χ3n) is 8.51. The Morgan fingerprint density at radius 2 is 1.91 bits per heavy atom. The Kier molecular flexibility index (Phi) is 8.69. The molecule has 0 aliphatic carbocycles. The van der Waals surface area contributed by atoms with Gasteiger partial charge in [0.25, 0.3) is 5.91 Å². The zero-order valence-electron chi connectivity index (χ0n) is 25.0. The molecule has 4 heterocycles. The van der Waals surface area contributed by atoms with Gasteiger partial charge in [-0.1, -0.05) is 18.2 Å². The lowest BCUT2D eigenvalue weighted by Crippen LogP contribution is -2.35. The number of carbonyl (C=O) groups excluding carboxylic acids is 1. The van der Waals surface area contributed by atoms with Crippen molar-refractivity contribution in [2.24, 2.45) is 0 Å². The van der Waals surface area contributed by atoms with E-state index in [1.54, 1.807) is 18.2 Å². The fourth-order valence-electron chi connectivity index (χ4n) is 5.78. The number of fused-ring (bicyclic) bond motifs is 1. The minimum atomic E-state index is -0.511. The largest absolute Gasteiger partial charge is 0.473 e. The summed E-state index contributed by atoms with van der Waals surface area (Å²) in [6.07, 6.45) is 3.34. The molecule has 43 heavy (non-hydrogen) atoms. The molecule has 2 aliphatic heterocycles. The number of hydroxylamine groups is 2. The first-order valence-electron chi connectivity index (χ1n) is 14.9. The van der Waals surface area contributed by atoms with Crippen LogP contribution < -0.4 is 4.74 Å². The molecule has 0 N–H and O–H groups in total. The summed E-state index contributed by atoms with van der Waals surface area (Å²) in [5.74, 6) is 0.942. The lowest BCUT2D eigenvalue weighted by molar-refractivity contribution is -0.0757. The number of hydrogen-bond acceptors (Lipinski definition) is 7. The number of benzene rings is 2. The van der Waals surface area contributed by atoms with E-state index in [4.69, 9.17) is 24.3 Å². The summed E-state index contributed by atoms with van der Waals surface area (Å²) in [5, 5.41) is 1.05. The molecule has 9 nitrogen and oxygen atoms in total. The molecule has 226 valence electrons. The molecule has 0 bridgehead atoms. The highest BCUT2D eigenvalue weighted by atomic mass is 19.1. The van der Waals surface area contributed by atoms with Crippen molar-refractivity contribution in [3.8, 4) is 5.88 Å². The number of halogens is 1. The summed E-state index contributed by atoms with van der Waals surface area (Å²) in [6.45, 7) is 6.54. The van der Waals surface area contributed by atoms with Crippen LogP contribution in [0.25, 0.3) is 11.0 Å². The summed E-state index contributed by atoms with van der Waals surface area (Å²) in [6, 6.07) is 16.6. The number of piperidine rings is 1. The summed E-state index contributed by atoms with van der Waals surface area (Å²) in [4.78, 5) is 29.4. The minimum absolute atomic E-state index is 0.0156. The molecule has 0 spiro atoms. The van der Waals surface area contributed by atoms with Crippen LogP contribution in [0.5, 0.6) is 5.88 Å². The number of nitrogens with zero attached hydrogens (tertiary/aromatic N) is 5. The van der Waals surface area contributed by atoms with Crippen LogP contribution in [0.2, 0.25) is 0 Å². The Labute approximate surface area is 251 Å². The number of pyridine rings is 1. The van der Waals surface area contributed by atoms with E-state index in [2.05, 4.69) is 34.6 Å². The fourth-order valence-corrected chi connectivity index (χ4v) is 5.78. The molecule has 2 aromatic carbocycles. The number of aryl methyl sites for hydroxylation is 1. The van der Waals surface area contributed by atoms with Crippen molar-refractivity contribution in [2.75, 3.05) is 33.9 Å². The minimum Gasteiger partial charge on any atom is -0.473 e. The van der Waals surface area contributed by atoms with Crippen LogP contribution in [0.1, 0.15) is 58.2 Å². The zero-order chi connectivity index (χ0) is 29.9. The van der Waals surface area contributed by atoms with E-state index in [0.29, 0.717) is 17.4 Å². The Morgan fingerprint density at radius 3 is 2.63 bits per heavy atom. The van der Waals surface area contributed by atoms with Crippen molar-refractivity contribution in [3.05, 3.63) is 88.6 Å². The highest BCUT2D eigenvalue weighted by Crippen LogP contribution is 2.30. The molecule has 1 amide bonds. The van der Waals surface area contributed by atoms with E-state index in [1.165, 1.54) is 31.3 Å². The molecule has 0 radical (unpaired) electrons. The molecular weight excluding hydrogens is 549 g/mol. The van der Waals surface area contributed by atoms with Gasteiger partial charge in [-0.05, 0) is 75.2 Å². The average Bonchev–Trinajstić information content (AvgIpc) is 3.33. The predicted octanol–water partition coefficient (Wildman–Crippen LogP) is 5.26. The van der Waals surface area contributed by atoms with Crippen molar-refractivity contribution in [2.45, 2.75) is 57.9 Å². The van der Waals surface area contributed by atoms with E-state index in [-0.39, 0.29) is 18.3 Å². The maximum absolute atomic E-state index is 14.7. The second-order valence-electron chi connectivity index (χ2n) is 11.4. The first kappa shape index (κ1) is 29.2. The molecule has 0 unspecified atom stereocenters. The molecule has 4 aromatic rings. The molecule has 2 aliphatic rings. The third kappa shape index (κ3) is 6.56. The second-order valence-corrected chi connectivity index (χ2v) is 11.4. The summed E-state index contributed by atoms with van der Waals surface area (Å²) in [5.41, 5.74) is 5.01. The molecule has 1 atom stereocenters. The van der Waals surface area contributed by atoms with Gasteiger partial charge in [0.2, 0.25) is 5.88 Å². The topological polar surface area (TPSA) is 82.0 Å². The number of aromatic nitrogens is 3. The number of rotatable bonds is 10. The van der Waals surface area contributed by atoms with E-state index >= 15 is 0 Å². The Morgan fingerprint density at radius 1 is 1.09 bits per heavy atom. The maximum Gasteiger partial charge on any atom is 0.277 e. The third-order valence-corrected chi connectivity index (χ3v) is 8.51. The Bertz CT molecular complexity index is 1600. The predicted molar refractivity (Wildman–Crippen MR) is 160 cm³/mol. The van der Waals surface area contributed by atoms with Gasteiger partial charge in [0, 0.05) is 42.5 Å². The van der Waals surface area contributed by atoms with Crippen molar-refractivity contribution in [1.82, 2.24) is 24.5 Å². The van der Waals surface area contributed by atoms with Gasteiger partial charge in [-0.2, -0.15) is 0 Å². The molecule has 10 heteroatoms. The van der Waals surface area contributed by atoms with Gasteiger partial charge in [-0.25, -0.2) is 19.4 Å². The van der Waals surface area contributed by atoms with E-state index in [0.717, 1.165) is 74.1 Å². The average molecular weight is 588 g/mol. The van der Waals surface area contributed by atoms with E-state index in [9.17, 15) is 9.18 Å². The molecule has 2 fully saturated rings. The monoisotopic (exact) mass is 587 g/mol. The van der Waals surface area contributed by atoms with Gasteiger partial charge in [-0.15, -0.1) is 0 Å². The van der Waals surface area contributed by atoms with Crippen molar-refractivity contribution in [3.63, 3.8) is 0 Å². The lowest BCUT2D eigenvalue weighted by Gasteiger charge is -2.32. The van der Waals surface area contributed by atoms with Crippen molar-refractivity contribution in [1.29, 1.82) is 0 Å². The van der Waals surface area contributed by atoms with E-state index in [1.807, 2.05) is 12.1 Å². The Balaban J connectivity index is 1.06. The quantitative estimate of drug-likeness (QED) is 0.234. The summed E-state index contributed by atoms with van der Waals surface area (Å²) in [7, 11) is 2.86. The van der Waals surface area contributed by atoms with Gasteiger partial charge < -0.3 is 14.0 Å². The maximum atomic E-state index is 14.7. The summed E-state index contributed by atoms with van der Waals surface area (Å²) < 4.78 is 28.7. The lowest BCUT2D eigenvalue weighted by atomic mass is 9.93. The summed E-state index contributed by atoms with van der Waals surface area (Å²) >= 11 is 0. The molecule has 2 saturated heterocycles. The SMILES string of the molecule is CON(C)C(=O)c1ccc(COc2cccc(C3CCN(Cc4nc5ccc(C)cc5n4C[C@@H]4CCO4)CC3)n2)c(F)c1. The second kappa shape index (κ2) is 12.8. The number of imidazole rings is 1. The molecule has 0 saturated carbocycles.